The van der Waals surface area contributed by atoms with Crippen molar-refractivity contribution in [3.63, 3.8) is 0 Å². The smallest absolute Gasteiger partial charge is 0.154 e. The molecule has 2 rings (SSSR count). The average molecular weight is 168 g/mol. The lowest BCUT2D eigenvalue weighted by atomic mass is 10.4. The molecule has 0 bridgehead atoms. The summed E-state index contributed by atoms with van der Waals surface area (Å²) in [5.41, 5.74) is 1.79. The predicted molar refractivity (Wildman–Crippen MR) is 42.7 cm³/mol. The van der Waals surface area contributed by atoms with E-state index in [1.165, 1.54) is 0 Å². The van der Waals surface area contributed by atoms with Crippen molar-refractivity contribution >= 4 is 17.1 Å². The van der Waals surface area contributed by atoms with E-state index in [0.29, 0.717) is 5.15 Å². The Bertz CT molecular complexity index is 393. The van der Waals surface area contributed by atoms with Gasteiger partial charge in [0.2, 0.25) is 0 Å². The first kappa shape index (κ1) is 6.61. The van der Waals surface area contributed by atoms with Crippen LogP contribution in [0.15, 0.2) is 18.7 Å². The standard InChI is InChI=1S/C7H6ClN3/c1-5-6-7(8)9-2-3-11(6)4-10-5/h2-4H,1H3. The molecular weight excluding hydrogens is 162 g/mol. The van der Waals surface area contributed by atoms with Gasteiger partial charge in [-0.25, -0.2) is 9.97 Å². The van der Waals surface area contributed by atoms with Crippen molar-refractivity contribution in [3.8, 4) is 0 Å². The van der Waals surface area contributed by atoms with Gasteiger partial charge < -0.3 is 4.40 Å². The van der Waals surface area contributed by atoms with Gasteiger partial charge in [0.05, 0.1) is 12.0 Å². The fourth-order valence-electron chi connectivity index (χ4n) is 1.06. The molecule has 0 N–H and O–H groups in total. The van der Waals surface area contributed by atoms with Crippen LogP contribution in [-0.4, -0.2) is 14.4 Å². The van der Waals surface area contributed by atoms with Crippen molar-refractivity contribution in [2.24, 2.45) is 0 Å². The van der Waals surface area contributed by atoms with Gasteiger partial charge in [-0.2, -0.15) is 0 Å². The van der Waals surface area contributed by atoms with E-state index >= 15 is 0 Å². The first-order valence-corrected chi connectivity index (χ1v) is 3.60. The van der Waals surface area contributed by atoms with E-state index in [1.807, 2.05) is 17.5 Å². The van der Waals surface area contributed by atoms with Gasteiger partial charge in [-0.15, -0.1) is 0 Å². The minimum Gasteiger partial charge on any atom is -0.302 e. The average Bonchev–Trinajstić information content (AvgIpc) is 2.34. The summed E-state index contributed by atoms with van der Waals surface area (Å²) in [6.45, 7) is 1.91. The molecule has 56 valence electrons. The van der Waals surface area contributed by atoms with Crippen LogP contribution in [0.5, 0.6) is 0 Å². The minimum atomic E-state index is 0.502. The maximum atomic E-state index is 5.83. The number of aryl methyl sites for hydroxylation is 1. The summed E-state index contributed by atoms with van der Waals surface area (Å²) in [6.07, 6.45) is 5.19. The van der Waals surface area contributed by atoms with Crippen molar-refractivity contribution in [1.29, 1.82) is 0 Å². The monoisotopic (exact) mass is 167 g/mol. The Morgan fingerprint density at radius 1 is 1.45 bits per heavy atom. The zero-order valence-corrected chi connectivity index (χ0v) is 6.71. The van der Waals surface area contributed by atoms with E-state index in [9.17, 15) is 0 Å². The number of hydrogen-bond donors (Lipinski definition) is 0. The number of rotatable bonds is 0. The highest BCUT2D eigenvalue weighted by Crippen LogP contribution is 2.15. The molecule has 0 atom stereocenters. The number of fused-ring (bicyclic) bond motifs is 1. The molecule has 0 amide bonds. The molecule has 0 spiro atoms. The summed E-state index contributed by atoms with van der Waals surface area (Å²) in [6, 6.07) is 0. The molecule has 4 heteroatoms. The highest BCUT2D eigenvalue weighted by molar-refractivity contribution is 6.32. The quantitative estimate of drug-likeness (QED) is 0.598. The van der Waals surface area contributed by atoms with Crippen molar-refractivity contribution < 1.29 is 0 Å². The van der Waals surface area contributed by atoms with Crippen LogP contribution in [0.1, 0.15) is 5.69 Å². The van der Waals surface area contributed by atoms with E-state index in [1.54, 1.807) is 12.5 Å². The molecule has 2 heterocycles. The van der Waals surface area contributed by atoms with Gasteiger partial charge in [-0.05, 0) is 6.92 Å². The summed E-state index contributed by atoms with van der Waals surface area (Å²) in [4.78, 5) is 8.04. The first-order chi connectivity index (χ1) is 5.29. The predicted octanol–water partition coefficient (Wildman–Crippen LogP) is 1.69. The zero-order chi connectivity index (χ0) is 7.84. The summed E-state index contributed by atoms with van der Waals surface area (Å²) in [5, 5.41) is 0.502. The molecular formula is C7H6ClN3. The number of nitrogens with zero attached hydrogens (tertiary/aromatic N) is 3. The fourth-order valence-corrected chi connectivity index (χ4v) is 1.35. The van der Waals surface area contributed by atoms with Crippen LogP contribution in [0.25, 0.3) is 5.52 Å². The Balaban J connectivity index is 2.96. The highest BCUT2D eigenvalue weighted by Gasteiger charge is 2.02. The number of aromatic nitrogens is 3. The molecule has 0 unspecified atom stereocenters. The Labute approximate surface area is 68.7 Å². The van der Waals surface area contributed by atoms with E-state index in [4.69, 9.17) is 11.6 Å². The third-order valence-corrected chi connectivity index (χ3v) is 1.86. The summed E-state index contributed by atoms with van der Waals surface area (Å²) < 4.78 is 1.85. The van der Waals surface area contributed by atoms with Crippen LogP contribution in [0.4, 0.5) is 0 Å². The second-order valence-corrected chi connectivity index (χ2v) is 2.66. The molecule has 0 saturated carbocycles. The van der Waals surface area contributed by atoms with Crippen LogP contribution < -0.4 is 0 Å². The van der Waals surface area contributed by atoms with Crippen molar-refractivity contribution in [3.05, 3.63) is 29.6 Å². The summed E-state index contributed by atoms with van der Waals surface area (Å²) in [7, 11) is 0. The topological polar surface area (TPSA) is 30.2 Å². The molecule has 0 saturated heterocycles. The second-order valence-electron chi connectivity index (χ2n) is 2.30. The van der Waals surface area contributed by atoms with Crippen LogP contribution in [0.3, 0.4) is 0 Å². The number of imidazole rings is 1. The first-order valence-electron chi connectivity index (χ1n) is 3.23. The molecule has 0 aliphatic carbocycles. The Kier molecular flexibility index (Phi) is 1.32. The second kappa shape index (κ2) is 2.20. The molecule has 3 nitrogen and oxygen atoms in total. The van der Waals surface area contributed by atoms with Gasteiger partial charge in [-0.3, -0.25) is 0 Å². The molecule has 2 aromatic rings. The van der Waals surface area contributed by atoms with Gasteiger partial charge in [0, 0.05) is 12.4 Å². The van der Waals surface area contributed by atoms with E-state index in [0.717, 1.165) is 11.2 Å². The lowest BCUT2D eigenvalue weighted by Crippen LogP contribution is -1.85. The third-order valence-electron chi connectivity index (χ3n) is 1.59. The maximum absolute atomic E-state index is 5.83. The van der Waals surface area contributed by atoms with Gasteiger partial charge >= 0.3 is 0 Å². The summed E-state index contributed by atoms with van der Waals surface area (Å²) in [5.74, 6) is 0. The number of halogens is 1. The molecule has 0 aliphatic rings. The highest BCUT2D eigenvalue weighted by atomic mass is 35.5. The van der Waals surface area contributed by atoms with E-state index < -0.39 is 0 Å². The van der Waals surface area contributed by atoms with Gasteiger partial charge in [-0.1, -0.05) is 11.6 Å². The summed E-state index contributed by atoms with van der Waals surface area (Å²) >= 11 is 5.83. The Morgan fingerprint density at radius 2 is 2.27 bits per heavy atom. The molecule has 11 heavy (non-hydrogen) atoms. The third kappa shape index (κ3) is 0.886. The lowest BCUT2D eigenvalue weighted by molar-refractivity contribution is 1.11. The normalized spacial score (nSPS) is 10.7. The number of hydrogen-bond acceptors (Lipinski definition) is 2. The molecule has 0 aromatic carbocycles. The molecule has 0 aliphatic heterocycles. The SMILES string of the molecule is Cc1ncn2ccnc(Cl)c12. The van der Waals surface area contributed by atoms with Crippen molar-refractivity contribution in [2.45, 2.75) is 6.92 Å². The van der Waals surface area contributed by atoms with Crippen LogP contribution in [0.2, 0.25) is 5.15 Å². The van der Waals surface area contributed by atoms with Gasteiger partial charge in [0.25, 0.3) is 0 Å². The van der Waals surface area contributed by atoms with Crippen LogP contribution >= 0.6 is 11.6 Å². The lowest BCUT2D eigenvalue weighted by Gasteiger charge is -1.94. The molecule has 0 fully saturated rings. The van der Waals surface area contributed by atoms with Crippen molar-refractivity contribution in [2.75, 3.05) is 0 Å². The fraction of sp³-hybridized carbons (Fsp3) is 0.143. The van der Waals surface area contributed by atoms with E-state index in [2.05, 4.69) is 9.97 Å². The largest absolute Gasteiger partial charge is 0.302 e. The van der Waals surface area contributed by atoms with Crippen molar-refractivity contribution in [1.82, 2.24) is 14.4 Å². The van der Waals surface area contributed by atoms with Gasteiger partial charge in [0.1, 0.15) is 5.52 Å². The van der Waals surface area contributed by atoms with Crippen LogP contribution in [-0.2, 0) is 0 Å². The molecule has 0 radical (unpaired) electrons. The Morgan fingerprint density at radius 3 is 3.00 bits per heavy atom. The minimum absolute atomic E-state index is 0.502. The van der Waals surface area contributed by atoms with Gasteiger partial charge in [0.15, 0.2) is 5.15 Å². The maximum Gasteiger partial charge on any atom is 0.154 e. The Hall–Kier alpha value is -1.09. The zero-order valence-electron chi connectivity index (χ0n) is 5.95. The van der Waals surface area contributed by atoms with E-state index in [-0.39, 0.29) is 0 Å². The molecule has 2 aromatic heterocycles. The van der Waals surface area contributed by atoms with Crippen LogP contribution in [0, 0.1) is 6.92 Å².